The lowest BCUT2D eigenvalue weighted by Gasteiger charge is -2.11. The Morgan fingerprint density at radius 1 is 1.25 bits per heavy atom. The highest BCUT2D eigenvalue weighted by molar-refractivity contribution is 5.78. The van der Waals surface area contributed by atoms with Crippen molar-refractivity contribution in [2.45, 2.75) is 44.6 Å². The van der Waals surface area contributed by atoms with Crippen LogP contribution in [0.4, 0.5) is 0 Å². The van der Waals surface area contributed by atoms with Crippen LogP contribution < -0.4 is 10.6 Å². The zero-order chi connectivity index (χ0) is 11.8. The third-order valence-corrected chi connectivity index (χ3v) is 2.80. The Bertz CT molecular complexity index is 237. The number of amides is 1. The summed E-state index contributed by atoms with van der Waals surface area (Å²) in [5, 5.41) is 14.3. The van der Waals surface area contributed by atoms with Gasteiger partial charge in [-0.1, -0.05) is 12.8 Å². The Labute approximate surface area is 95.6 Å². The Balaban J connectivity index is 1.95. The van der Waals surface area contributed by atoms with Crippen LogP contribution in [0, 0.1) is 0 Å². The SMILES string of the molecule is O=C(O)CCCNC(=O)CNC1CCCC1. The fourth-order valence-corrected chi connectivity index (χ4v) is 1.90. The summed E-state index contributed by atoms with van der Waals surface area (Å²) < 4.78 is 0. The van der Waals surface area contributed by atoms with Crippen molar-refractivity contribution in [1.29, 1.82) is 0 Å². The highest BCUT2D eigenvalue weighted by Gasteiger charge is 2.14. The van der Waals surface area contributed by atoms with E-state index in [0.717, 1.165) is 12.8 Å². The van der Waals surface area contributed by atoms with E-state index in [1.165, 1.54) is 12.8 Å². The van der Waals surface area contributed by atoms with E-state index in [0.29, 0.717) is 25.6 Å². The third kappa shape index (κ3) is 5.70. The Kier molecular flexibility index (Phi) is 5.85. The molecule has 1 aliphatic rings. The second kappa shape index (κ2) is 7.22. The molecular weight excluding hydrogens is 208 g/mol. The second-order valence-corrected chi connectivity index (χ2v) is 4.21. The van der Waals surface area contributed by atoms with Crippen molar-refractivity contribution in [2.24, 2.45) is 0 Å². The van der Waals surface area contributed by atoms with E-state index in [1.54, 1.807) is 0 Å². The molecule has 5 heteroatoms. The first-order valence-electron chi connectivity index (χ1n) is 5.90. The standard InChI is InChI=1S/C11H20N2O3/c14-10(12-7-3-6-11(15)16)8-13-9-4-1-2-5-9/h9,13H,1-8H2,(H,12,14)(H,15,16). The smallest absolute Gasteiger partial charge is 0.303 e. The van der Waals surface area contributed by atoms with Gasteiger partial charge in [0, 0.05) is 19.0 Å². The summed E-state index contributed by atoms with van der Waals surface area (Å²) in [4.78, 5) is 21.5. The average Bonchev–Trinajstić information content (AvgIpc) is 2.74. The van der Waals surface area contributed by atoms with Crippen LogP contribution in [0.2, 0.25) is 0 Å². The maximum Gasteiger partial charge on any atom is 0.303 e. The summed E-state index contributed by atoms with van der Waals surface area (Å²) in [6.45, 7) is 0.787. The fraction of sp³-hybridized carbons (Fsp3) is 0.818. The maximum absolute atomic E-state index is 11.3. The molecule has 0 radical (unpaired) electrons. The number of carbonyl (C=O) groups excluding carboxylic acids is 1. The van der Waals surface area contributed by atoms with Gasteiger partial charge in [0.15, 0.2) is 0 Å². The van der Waals surface area contributed by atoms with Crippen LogP contribution in [0.5, 0.6) is 0 Å². The zero-order valence-corrected chi connectivity index (χ0v) is 9.50. The quantitative estimate of drug-likeness (QED) is 0.554. The van der Waals surface area contributed by atoms with E-state index in [1.807, 2.05) is 0 Å². The van der Waals surface area contributed by atoms with E-state index in [2.05, 4.69) is 10.6 Å². The molecule has 3 N–H and O–H groups in total. The average molecular weight is 228 g/mol. The van der Waals surface area contributed by atoms with Gasteiger partial charge in [-0.15, -0.1) is 0 Å². The van der Waals surface area contributed by atoms with Crippen LogP contribution in [0.15, 0.2) is 0 Å². The van der Waals surface area contributed by atoms with E-state index in [9.17, 15) is 9.59 Å². The van der Waals surface area contributed by atoms with Crippen molar-refractivity contribution in [2.75, 3.05) is 13.1 Å². The van der Waals surface area contributed by atoms with E-state index in [-0.39, 0.29) is 12.3 Å². The summed E-state index contributed by atoms with van der Waals surface area (Å²) in [5.74, 6) is -0.865. The number of carboxylic acids is 1. The van der Waals surface area contributed by atoms with Crippen LogP contribution in [0.25, 0.3) is 0 Å². The number of aliphatic carboxylic acids is 1. The van der Waals surface area contributed by atoms with Gasteiger partial charge in [-0.3, -0.25) is 9.59 Å². The molecule has 0 aromatic carbocycles. The molecule has 1 aliphatic carbocycles. The summed E-state index contributed by atoms with van der Waals surface area (Å²) >= 11 is 0. The minimum Gasteiger partial charge on any atom is -0.481 e. The molecule has 92 valence electrons. The van der Waals surface area contributed by atoms with Gasteiger partial charge in [-0.25, -0.2) is 0 Å². The first kappa shape index (κ1) is 13.0. The van der Waals surface area contributed by atoms with Crippen molar-refractivity contribution >= 4 is 11.9 Å². The van der Waals surface area contributed by atoms with Crippen molar-refractivity contribution in [3.63, 3.8) is 0 Å². The number of carboxylic acid groups (broad SMARTS) is 1. The van der Waals surface area contributed by atoms with Gasteiger partial charge in [0.05, 0.1) is 6.54 Å². The van der Waals surface area contributed by atoms with Crippen LogP contribution in [0.1, 0.15) is 38.5 Å². The van der Waals surface area contributed by atoms with Crippen molar-refractivity contribution < 1.29 is 14.7 Å². The highest BCUT2D eigenvalue weighted by atomic mass is 16.4. The predicted octanol–water partition coefficient (Wildman–Crippen LogP) is 0.500. The number of rotatable bonds is 7. The van der Waals surface area contributed by atoms with Crippen molar-refractivity contribution in [1.82, 2.24) is 10.6 Å². The molecule has 1 rings (SSSR count). The molecule has 0 unspecified atom stereocenters. The normalized spacial score (nSPS) is 16.2. The van der Waals surface area contributed by atoms with Crippen LogP contribution in [-0.2, 0) is 9.59 Å². The predicted molar refractivity (Wildman–Crippen MR) is 60.1 cm³/mol. The fourth-order valence-electron chi connectivity index (χ4n) is 1.90. The molecule has 5 nitrogen and oxygen atoms in total. The van der Waals surface area contributed by atoms with E-state index < -0.39 is 5.97 Å². The maximum atomic E-state index is 11.3. The lowest BCUT2D eigenvalue weighted by molar-refractivity contribution is -0.137. The summed E-state index contributed by atoms with van der Waals surface area (Å²) in [5.41, 5.74) is 0. The topological polar surface area (TPSA) is 78.4 Å². The van der Waals surface area contributed by atoms with Crippen LogP contribution in [0.3, 0.4) is 0 Å². The largest absolute Gasteiger partial charge is 0.481 e. The number of nitrogens with one attached hydrogen (secondary N) is 2. The van der Waals surface area contributed by atoms with Gasteiger partial charge in [0.2, 0.25) is 5.91 Å². The van der Waals surface area contributed by atoms with Gasteiger partial charge in [0.1, 0.15) is 0 Å². The van der Waals surface area contributed by atoms with Crippen molar-refractivity contribution in [3.05, 3.63) is 0 Å². The Morgan fingerprint density at radius 3 is 2.56 bits per heavy atom. The molecular formula is C11H20N2O3. The summed E-state index contributed by atoms with van der Waals surface area (Å²) in [6.07, 6.45) is 5.41. The Morgan fingerprint density at radius 2 is 1.94 bits per heavy atom. The molecule has 0 aliphatic heterocycles. The second-order valence-electron chi connectivity index (χ2n) is 4.21. The summed E-state index contributed by atoms with van der Waals surface area (Å²) in [7, 11) is 0. The minimum absolute atomic E-state index is 0.0442. The van der Waals surface area contributed by atoms with E-state index >= 15 is 0 Å². The third-order valence-electron chi connectivity index (χ3n) is 2.80. The molecule has 1 saturated carbocycles. The van der Waals surface area contributed by atoms with Gasteiger partial charge in [-0.2, -0.15) is 0 Å². The Hall–Kier alpha value is -1.10. The van der Waals surface area contributed by atoms with Crippen LogP contribution >= 0.6 is 0 Å². The molecule has 0 atom stereocenters. The van der Waals surface area contributed by atoms with Gasteiger partial charge >= 0.3 is 5.97 Å². The number of hydrogen-bond acceptors (Lipinski definition) is 3. The first-order chi connectivity index (χ1) is 7.68. The molecule has 1 fully saturated rings. The number of carbonyl (C=O) groups is 2. The molecule has 0 bridgehead atoms. The molecule has 1 amide bonds. The highest BCUT2D eigenvalue weighted by Crippen LogP contribution is 2.17. The van der Waals surface area contributed by atoms with Gasteiger partial charge in [-0.05, 0) is 19.3 Å². The molecule has 0 aromatic rings. The molecule has 16 heavy (non-hydrogen) atoms. The minimum atomic E-state index is -0.821. The number of hydrogen-bond donors (Lipinski definition) is 3. The lowest BCUT2D eigenvalue weighted by Crippen LogP contribution is -2.38. The van der Waals surface area contributed by atoms with Crippen LogP contribution in [-0.4, -0.2) is 36.1 Å². The summed E-state index contributed by atoms with van der Waals surface area (Å²) in [6, 6.07) is 0.491. The van der Waals surface area contributed by atoms with E-state index in [4.69, 9.17) is 5.11 Å². The molecule has 0 aromatic heterocycles. The first-order valence-corrected chi connectivity index (χ1v) is 5.90. The van der Waals surface area contributed by atoms with Gasteiger partial charge < -0.3 is 15.7 Å². The molecule has 0 heterocycles. The van der Waals surface area contributed by atoms with Gasteiger partial charge in [0.25, 0.3) is 0 Å². The monoisotopic (exact) mass is 228 g/mol. The molecule has 0 saturated heterocycles. The zero-order valence-electron chi connectivity index (χ0n) is 9.50. The van der Waals surface area contributed by atoms with Crippen molar-refractivity contribution in [3.8, 4) is 0 Å². The lowest BCUT2D eigenvalue weighted by atomic mass is 10.2. The molecule has 0 spiro atoms.